The average molecular weight is 381 g/mol. The summed E-state index contributed by atoms with van der Waals surface area (Å²) in [5.74, 6) is -0.241. The molecular weight excluding hydrogens is 364 g/mol. The highest BCUT2D eigenvalue weighted by atomic mass is 79.9. The van der Waals surface area contributed by atoms with E-state index in [9.17, 15) is 13.2 Å². The van der Waals surface area contributed by atoms with E-state index in [4.69, 9.17) is 4.74 Å². The van der Waals surface area contributed by atoms with Gasteiger partial charge in [0.25, 0.3) is 0 Å². The number of halogens is 1. The Bertz CT molecular complexity index is 594. The van der Waals surface area contributed by atoms with Crippen molar-refractivity contribution in [3.05, 3.63) is 16.7 Å². The normalized spacial score (nSPS) is 11.2. The van der Waals surface area contributed by atoms with Crippen molar-refractivity contribution >= 4 is 37.7 Å². The standard InChI is InChI=1S/C11H17BrN4O4S/c1-13-11-9(5-8(12)6-15-11)21(18,19)16-7-10(17)14-3-4-20-2/h5-6,16H,3-4,7H2,1-2H3,(H,13,15)(H,14,17). The third-order valence-electron chi connectivity index (χ3n) is 2.40. The summed E-state index contributed by atoms with van der Waals surface area (Å²) in [4.78, 5) is 15.4. The first kappa shape index (κ1) is 17.8. The van der Waals surface area contributed by atoms with Crippen LogP contribution >= 0.6 is 15.9 Å². The van der Waals surface area contributed by atoms with Crippen molar-refractivity contribution in [2.24, 2.45) is 0 Å². The fourth-order valence-electron chi connectivity index (χ4n) is 1.41. The summed E-state index contributed by atoms with van der Waals surface area (Å²) in [6.45, 7) is 0.316. The summed E-state index contributed by atoms with van der Waals surface area (Å²) < 4.78 is 31.9. The van der Waals surface area contributed by atoms with E-state index in [1.54, 1.807) is 7.05 Å². The fourth-order valence-corrected chi connectivity index (χ4v) is 3.06. The number of aromatic nitrogens is 1. The molecule has 0 aromatic carbocycles. The van der Waals surface area contributed by atoms with Gasteiger partial charge in [-0.25, -0.2) is 18.1 Å². The van der Waals surface area contributed by atoms with Gasteiger partial charge in [-0.3, -0.25) is 4.79 Å². The van der Waals surface area contributed by atoms with Gasteiger partial charge in [-0.05, 0) is 22.0 Å². The molecular formula is C11H17BrN4O4S. The molecule has 0 spiro atoms. The van der Waals surface area contributed by atoms with Crippen LogP contribution in [0.3, 0.4) is 0 Å². The Morgan fingerprint density at radius 2 is 2.19 bits per heavy atom. The van der Waals surface area contributed by atoms with Gasteiger partial charge in [0.1, 0.15) is 10.7 Å². The topological polar surface area (TPSA) is 109 Å². The highest BCUT2D eigenvalue weighted by molar-refractivity contribution is 9.10. The van der Waals surface area contributed by atoms with E-state index < -0.39 is 15.9 Å². The highest BCUT2D eigenvalue weighted by Crippen LogP contribution is 2.22. The van der Waals surface area contributed by atoms with Gasteiger partial charge in [-0.2, -0.15) is 0 Å². The number of pyridine rings is 1. The Labute approximate surface area is 131 Å². The van der Waals surface area contributed by atoms with Crippen molar-refractivity contribution in [1.82, 2.24) is 15.0 Å². The van der Waals surface area contributed by atoms with E-state index in [0.717, 1.165) is 0 Å². The van der Waals surface area contributed by atoms with Gasteiger partial charge in [0.15, 0.2) is 0 Å². The molecule has 1 amide bonds. The summed E-state index contributed by atoms with van der Waals surface area (Å²) in [7, 11) is -0.778. The van der Waals surface area contributed by atoms with Crippen LogP contribution in [0.4, 0.5) is 5.82 Å². The molecule has 0 aliphatic heterocycles. The van der Waals surface area contributed by atoms with E-state index in [1.165, 1.54) is 19.4 Å². The zero-order valence-corrected chi connectivity index (χ0v) is 14.0. The first-order valence-corrected chi connectivity index (χ1v) is 8.27. The minimum atomic E-state index is -3.85. The van der Waals surface area contributed by atoms with Crippen LogP contribution in [-0.2, 0) is 19.6 Å². The molecule has 0 aliphatic rings. The molecule has 1 heterocycles. The number of rotatable bonds is 8. The zero-order chi connectivity index (χ0) is 15.9. The van der Waals surface area contributed by atoms with Crippen LogP contribution in [0.15, 0.2) is 21.6 Å². The van der Waals surface area contributed by atoms with E-state index >= 15 is 0 Å². The first-order chi connectivity index (χ1) is 9.90. The number of carbonyl (C=O) groups excluding carboxylic acids is 1. The Morgan fingerprint density at radius 1 is 1.48 bits per heavy atom. The summed E-state index contributed by atoms with van der Waals surface area (Å²) in [6, 6.07) is 1.41. The summed E-state index contributed by atoms with van der Waals surface area (Å²) in [5.41, 5.74) is 0. The molecule has 0 saturated carbocycles. The van der Waals surface area contributed by atoms with Crippen LogP contribution < -0.4 is 15.4 Å². The number of ether oxygens (including phenoxy) is 1. The molecule has 0 atom stereocenters. The summed E-state index contributed by atoms with van der Waals surface area (Å²) >= 11 is 3.16. The minimum absolute atomic E-state index is 0.0379. The van der Waals surface area contributed by atoms with E-state index in [0.29, 0.717) is 17.6 Å². The monoisotopic (exact) mass is 380 g/mol. The lowest BCUT2D eigenvalue weighted by Gasteiger charge is -2.11. The molecule has 0 aliphatic carbocycles. The Kier molecular flexibility index (Phi) is 7.02. The second kappa shape index (κ2) is 8.27. The predicted octanol–water partition coefficient (Wildman–Crippen LogP) is -0.0733. The molecule has 0 radical (unpaired) electrons. The second-order valence-electron chi connectivity index (χ2n) is 3.92. The lowest BCUT2D eigenvalue weighted by molar-refractivity contribution is -0.120. The molecule has 0 bridgehead atoms. The quantitative estimate of drug-likeness (QED) is 0.544. The number of amides is 1. The molecule has 1 aromatic heterocycles. The molecule has 21 heavy (non-hydrogen) atoms. The third-order valence-corrected chi connectivity index (χ3v) is 4.25. The molecule has 0 fully saturated rings. The number of methoxy groups -OCH3 is 1. The minimum Gasteiger partial charge on any atom is -0.383 e. The maximum atomic E-state index is 12.2. The molecule has 0 saturated heterocycles. The maximum Gasteiger partial charge on any atom is 0.244 e. The van der Waals surface area contributed by atoms with Crippen LogP contribution in [0.2, 0.25) is 0 Å². The zero-order valence-electron chi connectivity index (χ0n) is 11.6. The lowest BCUT2D eigenvalue weighted by Crippen LogP contribution is -2.38. The number of sulfonamides is 1. The van der Waals surface area contributed by atoms with Crippen LogP contribution in [0.25, 0.3) is 0 Å². The summed E-state index contributed by atoms with van der Waals surface area (Å²) in [5, 5.41) is 5.21. The summed E-state index contributed by atoms with van der Waals surface area (Å²) in [6.07, 6.45) is 1.47. The van der Waals surface area contributed by atoms with Crippen LogP contribution in [0.5, 0.6) is 0 Å². The Hall–Kier alpha value is -1.23. The van der Waals surface area contributed by atoms with Crippen molar-refractivity contribution < 1.29 is 17.9 Å². The van der Waals surface area contributed by atoms with Crippen LogP contribution in [-0.4, -0.2) is 53.2 Å². The largest absolute Gasteiger partial charge is 0.383 e. The van der Waals surface area contributed by atoms with Gasteiger partial charge >= 0.3 is 0 Å². The van der Waals surface area contributed by atoms with Crippen LogP contribution in [0, 0.1) is 0 Å². The molecule has 10 heteroatoms. The van der Waals surface area contributed by atoms with Gasteiger partial charge in [-0.15, -0.1) is 0 Å². The van der Waals surface area contributed by atoms with Crippen molar-refractivity contribution in [3.8, 4) is 0 Å². The predicted molar refractivity (Wildman–Crippen MR) is 81.6 cm³/mol. The molecule has 3 N–H and O–H groups in total. The molecule has 1 rings (SSSR count). The van der Waals surface area contributed by atoms with Crippen LogP contribution in [0.1, 0.15) is 0 Å². The second-order valence-corrected chi connectivity index (χ2v) is 6.57. The van der Waals surface area contributed by atoms with Crippen molar-refractivity contribution in [3.63, 3.8) is 0 Å². The number of nitrogens with zero attached hydrogens (tertiary/aromatic N) is 1. The first-order valence-electron chi connectivity index (χ1n) is 5.99. The number of anilines is 1. The van der Waals surface area contributed by atoms with Crippen molar-refractivity contribution in [2.75, 3.05) is 39.2 Å². The molecule has 8 nitrogen and oxygen atoms in total. The molecule has 0 unspecified atom stereocenters. The number of nitrogens with one attached hydrogen (secondary N) is 3. The number of hydrogen-bond donors (Lipinski definition) is 3. The van der Waals surface area contributed by atoms with Gasteiger partial charge in [0.05, 0.1) is 13.2 Å². The van der Waals surface area contributed by atoms with E-state index in [1.807, 2.05) is 0 Å². The average Bonchev–Trinajstić information content (AvgIpc) is 2.45. The van der Waals surface area contributed by atoms with E-state index in [-0.39, 0.29) is 17.3 Å². The fraction of sp³-hybridized carbons (Fsp3) is 0.455. The Morgan fingerprint density at radius 3 is 2.81 bits per heavy atom. The lowest BCUT2D eigenvalue weighted by atomic mass is 10.4. The SMILES string of the molecule is CNc1ncc(Br)cc1S(=O)(=O)NCC(=O)NCCOC. The number of hydrogen-bond acceptors (Lipinski definition) is 6. The smallest absolute Gasteiger partial charge is 0.244 e. The number of carbonyl (C=O) groups is 1. The third kappa shape index (κ3) is 5.58. The van der Waals surface area contributed by atoms with Gasteiger partial charge < -0.3 is 15.4 Å². The maximum absolute atomic E-state index is 12.2. The van der Waals surface area contributed by atoms with Crippen molar-refractivity contribution in [1.29, 1.82) is 0 Å². The van der Waals surface area contributed by atoms with Crippen molar-refractivity contribution in [2.45, 2.75) is 4.90 Å². The van der Waals surface area contributed by atoms with Gasteiger partial charge in [-0.1, -0.05) is 0 Å². The van der Waals surface area contributed by atoms with E-state index in [2.05, 4.69) is 36.3 Å². The Balaban J connectivity index is 2.74. The van der Waals surface area contributed by atoms with Gasteiger partial charge in [0, 0.05) is 31.4 Å². The molecule has 118 valence electrons. The molecule has 1 aromatic rings. The van der Waals surface area contributed by atoms with Gasteiger partial charge in [0.2, 0.25) is 15.9 Å². The highest BCUT2D eigenvalue weighted by Gasteiger charge is 2.20.